The first-order valence-electron chi connectivity index (χ1n) is 5.41. The number of esters is 1. The molecule has 0 aromatic carbocycles. The maximum absolute atomic E-state index is 11.4. The molecule has 2 N–H and O–H groups in total. The van der Waals surface area contributed by atoms with Crippen LogP contribution in [-0.2, 0) is 9.53 Å². The summed E-state index contributed by atoms with van der Waals surface area (Å²) < 4.78 is 4.66. The van der Waals surface area contributed by atoms with Crippen LogP contribution in [0.15, 0.2) is 12.4 Å². The molecule has 0 spiro atoms. The lowest BCUT2D eigenvalue weighted by atomic mass is 10.2. The third-order valence-corrected chi connectivity index (χ3v) is 2.53. The molecule has 0 radical (unpaired) electrons. The highest BCUT2D eigenvalue weighted by Gasteiger charge is 2.21. The SMILES string of the molecule is COC(=O)CN(c1nccnc1C(N)=S)C(C)C. The summed E-state index contributed by atoms with van der Waals surface area (Å²) in [4.78, 5) is 21.6. The maximum Gasteiger partial charge on any atom is 0.325 e. The lowest BCUT2D eigenvalue weighted by Gasteiger charge is -2.27. The number of methoxy groups -OCH3 is 1. The van der Waals surface area contributed by atoms with Gasteiger partial charge in [0.1, 0.15) is 17.2 Å². The molecule has 18 heavy (non-hydrogen) atoms. The molecule has 0 saturated heterocycles. The fourth-order valence-corrected chi connectivity index (χ4v) is 1.56. The summed E-state index contributed by atoms with van der Waals surface area (Å²) in [6, 6.07) is 0.0360. The van der Waals surface area contributed by atoms with E-state index in [1.54, 1.807) is 4.90 Å². The summed E-state index contributed by atoms with van der Waals surface area (Å²) in [5.41, 5.74) is 6.01. The standard InChI is InChI=1S/C11H16N4O2S/c1-7(2)15(6-8(16)17-3)11-9(10(12)18)13-4-5-14-11/h4-5,7H,6H2,1-3H3,(H2,12,18). The van der Waals surface area contributed by atoms with E-state index in [1.165, 1.54) is 19.5 Å². The van der Waals surface area contributed by atoms with Gasteiger partial charge in [0.2, 0.25) is 0 Å². The van der Waals surface area contributed by atoms with Gasteiger partial charge in [-0.25, -0.2) is 9.97 Å². The average Bonchev–Trinajstić information content (AvgIpc) is 2.35. The number of anilines is 1. The second-order valence-corrected chi connectivity index (χ2v) is 4.33. The van der Waals surface area contributed by atoms with Crippen LogP contribution in [0, 0.1) is 0 Å². The van der Waals surface area contributed by atoms with Crippen LogP contribution in [-0.4, -0.2) is 40.6 Å². The number of aromatic nitrogens is 2. The lowest BCUT2D eigenvalue weighted by Crippen LogP contribution is -2.38. The van der Waals surface area contributed by atoms with E-state index < -0.39 is 0 Å². The van der Waals surface area contributed by atoms with Crippen LogP contribution in [0.2, 0.25) is 0 Å². The van der Waals surface area contributed by atoms with Gasteiger partial charge in [-0.15, -0.1) is 0 Å². The van der Waals surface area contributed by atoms with Crippen LogP contribution in [0.5, 0.6) is 0 Å². The molecule has 0 fully saturated rings. The Labute approximate surface area is 111 Å². The van der Waals surface area contributed by atoms with Gasteiger partial charge in [0, 0.05) is 18.4 Å². The minimum absolute atomic E-state index is 0.0360. The van der Waals surface area contributed by atoms with E-state index in [1.807, 2.05) is 13.8 Å². The Morgan fingerprint density at radius 3 is 2.61 bits per heavy atom. The largest absolute Gasteiger partial charge is 0.468 e. The van der Waals surface area contributed by atoms with E-state index in [0.717, 1.165) is 0 Å². The number of ether oxygens (including phenoxy) is 1. The maximum atomic E-state index is 11.4. The second kappa shape index (κ2) is 6.25. The summed E-state index contributed by atoms with van der Waals surface area (Å²) in [5.74, 6) is 0.133. The van der Waals surface area contributed by atoms with Gasteiger partial charge in [0.25, 0.3) is 0 Å². The summed E-state index contributed by atoms with van der Waals surface area (Å²) in [6.07, 6.45) is 3.04. The Hall–Kier alpha value is -1.76. The predicted molar refractivity (Wildman–Crippen MR) is 72.4 cm³/mol. The quantitative estimate of drug-likeness (QED) is 0.615. The molecule has 0 saturated carbocycles. The first-order valence-corrected chi connectivity index (χ1v) is 5.82. The molecule has 98 valence electrons. The Morgan fingerprint density at radius 2 is 2.11 bits per heavy atom. The second-order valence-electron chi connectivity index (χ2n) is 3.89. The number of nitrogens with two attached hydrogens (primary N) is 1. The molecule has 0 bridgehead atoms. The van der Waals surface area contributed by atoms with Crippen molar-refractivity contribution in [1.29, 1.82) is 0 Å². The van der Waals surface area contributed by atoms with Gasteiger partial charge in [-0.2, -0.15) is 0 Å². The van der Waals surface area contributed by atoms with Crippen molar-refractivity contribution in [2.24, 2.45) is 5.73 Å². The van der Waals surface area contributed by atoms with E-state index in [-0.39, 0.29) is 23.5 Å². The Morgan fingerprint density at radius 1 is 1.50 bits per heavy atom. The third-order valence-electron chi connectivity index (χ3n) is 2.33. The molecule has 0 aliphatic rings. The molecule has 0 amide bonds. The van der Waals surface area contributed by atoms with Gasteiger partial charge >= 0.3 is 5.97 Å². The summed E-state index contributed by atoms with van der Waals surface area (Å²) in [6.45, 7) is 3.93. The highest BCUT2D eigenvalue weighted by molar-refractivity contribution is 7.80. The number of rotatable bonds is 5. The monoisotopic (exact) mass is 268 g/mol. The number of nitrogens with zero attached hydrogens (tertiary/aromatic N) is 3. The smallest absolute Gasteiger partial charge is 0.325 e. The Bertz CT molecular complexity index is 450. The molecule has 0 aliphatic carbocycles. The molecule has 1 aromatic heterocycles. The van der Waals surface area contributed by atoms with Crippen molar-refractivity contribution in [3.8, 4) is 0 Å². The minimum atomic E-state index is -0.358. The van der Waals surface area contributed by atoms with Gasteiger partial charge in [-0.1, -0.05) is 12.2 Å². The summed E-state index contributed by atoms with van der Waals surface area (Å²) in [5, 5.41) is 0. The number of carbonyl (C=O) groups is 1. The zero-order valence-corrected chi connectivity index (χ0v) is 11.4. The first kappa shape index (κ1) is 14.3. The third kappa shape index (κ3) is 3.36. The molecular weight excluding hydrogens is 252 g/mol. The zero-order chi connectivity index (χ0) is 13.7. The topological polar surface area (TPSA) is 81.3 Å². The van der Waals surface area contributed by atoms with E-state index in [0.29, 0.717) is 11.5 Å². The number of hydrogen-bond donors (Lipinski definition) is 1. The van der Waals surface area contributed by atoms with Gasteiger partial charge in [-0.05, 0) is 13.8 Å². The summed E-state index contributed by atoms with van der Waals surface area (Å²) >= 11 is 4.93. The van der Waals surface area contributed by atoms with E-state index in [4.69, 9.17) is 18.0 Å². The van der Waals surface area contributed by atoms with Crippen LogP contribution in [0.4, 0.5) is 5.82 Å². The molecule has 1 aromatic rings. The average molecular weight is 268 g/mol. The molecule has 1 heterocycles. The highest BCUT2D eigenvalue weighted by Crippen LogP contribution is 2.17. The fraction of sp³-hybridized carbons (Fsp3) is 0.455. The first-order chi connectivity index (χ1) is 8.47. The van der Waals surface area contributed by atoms with E-state index in [2.05, 4.69) is 14.7 Å². The van der Waals surface area contributed by atoms with Gasteiger partial charge in [0.05, 0.1) is 7.11 Å². The lowest BCUT2D eigenvalue weighted by molar-refractivity contribution is -0.139. The normalized spacial score (nSPS) is 10.2. The van der Waals surface area contributed by atoms with Crippen molar-refractivity contribution < 1.29 is 9.53 Å². The van der Waals surface area contributed by atoms with Crippen LogP contribution in [0.1, 0.15) is 19.5 Å². The zero-order valence-electron chi connectivity index (χ0n) is 10.6. The van der Waals surface area contributed by atoms with Gasteiger partial charge in [0.15, 0.2) is 5.82 Å². The van der Waals surface area contributed by atoms with Crippen LogP contribution in [0.3, 0.4) is 0 Å². The van der Waals surface area contributed by atoms with Crippen LogP contribution >= 0.6 is 12.2 Å². The van der Waals surface area contributed by atoms with Crippen molar-refractivity contribution in [2.45, 2.75) is 19.9 Å². The Balaban J connectivity index is 3.13. The number of carbonyl (C=O) groups excluding carboxylic acids is 1. The predicted octanol–water partition coefficient (Wildman–Crippen LogP) is 0.499. The molecule has 6 nitrogen and oxygen atoms in total. The van der Waals surface area contributed by atoms with Crippen LogP contribution < -0.4 is 10.6 Å². The molecule has 0 atom stereocenters. The van der Waals surface area contributed by atoms with E-state index >= 15 is 0 Å². The number of thiocarbonyl (C=S) groups is 1. The molecule has 0 unspecified atom stereocenters. The summed E-state index contributed by atoms with van der Waals surface area (Å²) in [7, 11) is 1.34. The van der Waals surface area contributed by atoms with Crippen molar-refractivity contribution in [2.75, 3.05) is 18.6 Å². The Kier molecular flexibility index (Phi) is 4.96. The molecule has 7 heteroatoms. The van der Waals surface area contributed by atoms with Crippen molar-refractivity contribution in [3.05, 3.63) is 18.1 Å². The molecular formula is C11H16N4O2S. The molecule has 1 rings (SSSR count). The van der Waals surface area contributed by atoms with Crippen molar-refractivity contribution >= 4 is 29.0 Å². The molecule has 0 aliphatic heterocycles. The van der Waals surface area contributed by atoms with Crippen molar-refractivity contribution in [3.63, 3.8) is 0 Å². The minimum Gasteiger partial charge on any atom is -0.468 e. The van der Waals surface area contributed by atoms with Crippen molar-refractivity contribution in [1.82, 2.24) is 9.97 Å². The van der Waals surface area contributed by atoms with E-state index in [9.17, 15) is 4.79 Å². The van der Waals surface area contributed by atoms with Gasteiger partial charge < -0.3 is 15.4 Å². The fourth-order valence-electron chi connectivity index (χ4n) is 1.42. The van der Waals surface area contributed by atoms with Gasteiger partial charge in [-0.3, -0.25) is 4.79 Å². The van der Waals surface area contributed by atoms with Crippen LogP contribution in [0.25, 0.3) is 0 Å². The highest BCUT2D eigenvalue weighted by atomic mass is 32.1. The number of hydrogen-bond acceptors (Lipinski definition) is 6.